The lowest BCUT2D eigenvalue weighted by atomic mass is 9.72. The Labute approximate surface area is 147 Å². The molecule has 1 atom stereocenters. The maximum absolute atomic E-state index is 12.7. The van der Waals surface area contributed by atoms with Crippen LogP contribution in [-0.2, 0) is 17.0 Å². The SMILES string of the molecule is O=C1c2ccccc2Cc2cc3c(cc21)C(=O)CC(O)(C(=O)O)C3(O)O. The highest BCUT2D eigenvalue weighted by atomic mass is 16.5. The van der Waals surface area contributed by atoms with Crippen molar-refractivity contribution in [3.63, 3.8) is 0 Å². The Bertz CT molecular complexity index is 1000. The van der Waals surface area contributed by atoms with E-state index in [4.69, 9.17) is 0 Å². The van der Waals surface area contributed by atoms with Crippen molar-refractivity contribution in [2.45, 2.75) is 24.2 Å². The van der Waals surface area contributed by atoms with Gasteiger partial charge in [-0.2, -0.15) is 0 Å². The molecule has 0 spiro atoms. The number of rotatable bonds is 1. The van der Waals surface area contributed by atoms with Crippen LogP contribution in [0, 0.1) is 0 Å². The Morgan fingerprint density at radius 3 is 2.31 bits per heavy atom. The van der Waals surface area contributed by atoms with E-state index in [9.17, 15) is 34.8 Å². The van der Waals surface area contributed by atoms with E-state index in [1.165, 1.54) is 12.1 Å². The smallest absolute Gasteiger partial charge is 0.342 e. The summed E-state index contributed by atoms with van der Waals surface area (Å²) >= 11 is 0. The number of ketones is 2. The van der Waals surface area contributed by atoms with Crippen molar-refractivity contribution in [3.8, 4) is 0 Å². The van der Waals surface area contributed by atoms with Gasteiger partial charge in [0.25, 0.3) is 0 Å². The van der Waals surface area contributed by atoms with Crippen molar-refractivity contribution in [1.29, 1.82) is 0 Å². The third-order valence-corrected chi connectivity index (χ3v) is 5.15. The van der Waals surface area contributed by atoms with Gasteiger partial charge in [0.2, 0.25) is 11.4 Å². The topological polar surface area (TPSA) is 132 Å². The summed E-state index contributed by atoms with van der Waals surface area (Å²) in [6.45, 7) is 0. The Balaban J connectivity index is 1.95. The maximum Gasteiger partial charge on any atom is 0.342 e. The minimum absolute atomic E-state index is 0.174. The number of aliphatic hydroxyl groups is 3. The van der Waals surface area contributed by atoms with Crippen LogP contribution in [0.15, 0.2) is 36.4 Å². The van der Waals surface area contributed by atoms with Crippen molar-refractivity contribution < 1.29 is 34.8 Å². The average Bonchev–Trinajstić information content (AvgIpc) is 2.59. The highest BCUT2D eigenvalue weighted by molar-refractivity contribution is 6.14. The Morgan fingerprint density at radius 2 is 1.62 bits per heavy atom. The summed E-state index contributed by atoms with van der Waals surface area (Å²) in [4.78, 5) is 36.5. The average molecular weight is 354 g/mol. The minimum Gasteiger partial charge on any atom is -0.479 e. The fourth-order valence-corrected chi connectivity index (χ4v) is 3.67. The zero-order valence-electron chi connectivity index (χ0n) is 13.4. The molecule has 0 radical (unpaired) electrons. The second-order valence-electron chi connectivity index (χ2n) is 6.66. The van der Waals surface area contributed by atoms with E-state index in [0.29, 0.717) is 17.5 Å². The van der Waals surface area contributed by atoms with Crippen molar-refractivity contribution >= 4 is 17.5 Å². The number of fused-ring (bicyclic) bond motifs is 3. The molecule has 2 aromatic carbocycles. The number of hydrogen-bond acceptors (Lipinski definition) is 6. The molecule has 0 heterocycles. The van der Waals surface area contributed by atoms with Crippen molar-refractivity contribution in [2.24, 2.45) is 0 Å². The van der Waals surface area contributed by atoms with Crippen LogP contribution >= 0.6 is 0 Å². The number of benzene rings is 2. The number of hydrogen-bond donors (Lipinski definition) is 4. The number of aliphatic carboxylic acids is 1. The van der Waals surface area contributed by atoms with Gasteiger partial charge in [0, 0.05) is 22.3 Å². The molecule has 0 aliphatic heterocycles. The lowest BCUT2D eigenvalue weighted by Crippen LogP contribution is -2.61. The number of carbonyl (C=O) groups excluding carboxylic acids is 2. The van der Waals surface area contributed by atoms with Gasteiger partial charge in [0.15, 0.2) is 11.6 Å². The van der Waals surface area contributed by atoms with E-state index in [2.05, 4.69) is 0 Å². The number of Topliss-reactive ketones (excluding diaryl/α,β-unsaturated/α-hetero) is 1. The summed E-state index contributed by atoms with van der Waals surface area (Å²) in [5, 5.41) is 40.2. The molecule has 2 aliphatic carbocycles. The van der Waals surface area contributed by atoms with Crippen LogP contribution in [0.1, 0.15) is 49.4 Å². The van der Waals surface area contributed by atoms with Gasteiger partial charge in [0.05, 0.1) is 6.42 Å². The Hall–Kier alpha value is -2.87. The zero-order chi connectivity index (χ0) is 18.9. The molecule has 1 unspecified atom stereocenters. The summed E-state index contributed by atoms with van der Waals surface area (Å²) in [5.74, 6) is -6.16. The molecule has 0 saturated carbocycles. The predicted molar refractivity (Wildman–Crippen MR) is 86.8 cm³/mol. The number of carboxylic acid groups (broad SMARTS) is 1. The molecule has 132 valence electrons. The van der Waals surface area contributed by atoms with Gasteiger partial charge in [-0.25, -0.2) is 4.79 Å². The minimum atomic E-state index is -3.17. The van der Waals surface area contributed by atoms with Crippen LogP contribution in [0.5, 0.6) is 0 Å². The van der Waals surface area contributed by atoms with E-state index in [1.807, 2.05) is 0 Å². The molecule has 0 aromatic heterocycles. The third kappa shape index (κ3) is 1.96. The van der Waals surface area contributed by atoms with Gasteiger partial charge in [-0.1, -0.05) is 24.3 Å². The Morgan fingerprint density at radius 1 is 0.923 bits per heavy atom. The molecule has 0 amide bonds. The van der Waals surface area contributed by atoms with E-state index >= 15 is 0 Å². The Kier molecular flexibility index (Phi) is 3.24. The van der Waals surface area contributed by atoms with Crippen molar-refractivity contribution in [1.82, 2.24) is 0 Å². The first-order valence-electron chi connectivity index (χ1n) is 7.90. The van der Waals surface area contributed by atoms with E-state index in [0.717, 1.165) is 5.56 Å². The summed E-state index contributed by atoms with van der Waals surface area (Å²) < 4.78 is 0. The summed E-state index contributed by atoms with van der Waals surface area (Å²) in [5.41, 5.74) is -1.72. The molecule has 7 nitrogen and oxygen atoms in total. The molecular weight excluding hydrogens is 340 g/mol. The first kappa shape index (κ1) is 16.6. The van der Waals surface area contributed by atoms with Gasteiger partial charge >= 0.3 is 5.97 Å². The quantitative estimate of drug-likeness (QED) is 0.464. The maximum atomic E-state index is 12.7. The van der Waals surface area contributed by atoms with Gasteiger partial charge in [-0.15, -0.1) is 0 Å². The molecule has 26 heavy (non-hydrogen) atoms. The largest absolute Gasteiger partial charge is 0.479 e. The lowest BCUT2D eigenvalue weighted by Gasteiger charge is -2.40. The van der Waals surface area contributed by atoms with Gasteiger partial charge in [-0.05, 0) is 29.7 Å². The zero-order valence-corrected chi connectivity index (χ0v) is 13.4. The van der Waals surface area contributed by atoms with E-state index in [1.54, 1.807) is 24.3 Å². The first-order valence-corrected chi connectivity index (χ1v) is 7.90. The molecule has 4 N–H and O–H groups in total. The molecular formula is C19H14O7. The number of carboxylic acids is 1. The van der Waals surface area contributed by atoms with E-state index in [-0.39, 0.29) is 16.9 Å². The van der Waals surface area contributed by atoms with Crippen LogP contribution in [-0.4, -0.2) is 43.6 Å². The van der Waals surface area contributed by atoms with Gasteiger partial charge < -0.3 is 20.4 Å². The molecule has 0 fully saturated rings. The third-order valence-electron chi connectivity index (χ3n) is 5.15. The van der Waals surface area contributed by atoms with Crippen LogP contribution < -0.4 is 0 Å². The normalized spacial score (nSPS) is 23.0. The highest BCUT2D eigenvalue weighted by Gasteiger charge is 2.61. The molecule has 2 aliphatic rings. The van der Waals surface area contributed by atoms with Gasteiger partial charge in [0.1, 0.15) is 0 Å². The summed E-state index contributed by atoms with van der Waals surface area (Å²) in [7, 11) is 0. The molecule has 7 heteroatoms. The van der Waals surface area contributed by atoms with Crippen LogP contribution in [0.3, 0.4) is 0 Å². The van der Waals surface area contributed by atoms with Crippen molar-refractivity contribution in [2.75, 3.05) is 0 Å². The second-order valence-corrected chi connectivity index (χ2v) is 6.66. The standard InChI is InChI=1S/C19H14O7/c20-15-8-18(24,17(22)23)19(25,26)14-6-10-5-9-3-1-2-4-11(9)16(21)12(10)7-13(14)15/h1-4,6-7,24-26H,5,8H2,(H,22,23). The second kappa shape index (κ2) is 5.07. The predicted octanol–water partition coefficient (Wildman–Crippen LogP) is 0.361. The fourth-order valence-electron chi connectivity index (χ4n) is 3.67. The molecule has 0 saturated heterocycles. The monoisotopic (exact) mass is 354 g/mol. The lowest BCUT2D eigenvalue weighted by molar-refractivity contribution is -0.282. The summed E-state index contributed by atoms with van der Waals surface area (Å²) in [6, 6.07) is 9.42. The molecule has 0 bridgehead atoms. The van der Waals surface area contributed by atoms with Crippen molar-refractivity contribution in [3.05, 3.63) is 69.8 Å². The first-order chi connectivity index (χ1) is 12.2. The van der Waals surface area contributed by atoms with Crippen LogP contribution in [0.2, 0.25) is 0 Å². The van der Waals surface area contributed by atoms with Gasteiger partial charge in [-0.3, -0.25) is 9.59 Å². The number of carbonyl (C=O) groups is 3. The fraction of sp³-hybridized carbons (Fsp3) is 0.211. The molecule has 4 rings (SSSR count). The molecule has 2 aromatic rings. The highest BCUT2D eigenvalue weighted by Crippen LogP contribution is 2.43. The van der Waals surface area contributed by atoms with Crippen LogP contribution in [0.25, 0.3) is 0 Å². The van der Waals surface area contributed by atoms with Crippen LogP contribution in [0.4, 0.5) is 0 Å². The van der Waals surface area contributed by atoms with E-state index < -0.39 is 35.1 Å². The summed E-state index contributed by atoms with van der Waals surface area (Å²) in [6.07, 6.45) is -0.702.